The Morgan fingerprint density at radius 2 is 1.96 bits per heavy atom. The van der Waals surface area contributed by atoms with E-state index in [4.69, 9.17) is 0 Å². The van der Waals surface area contributed by atoms with Gasteiger partial charge in [-0.05, 0) is 31.0 Å². The second kappa shape index (κ2) is 6.32. The third-order valence-electron chi connectivity index (χ3n) is 4.32. The van der Waals surface area contributed by atoms with Crippen LogP contribution in [0, 0.1) is 24.0 Å². The topological polar surface area (TPSA) is 48.1 Å². The molecule has 0 aliphatic rings. The van der Waals surface area contributed by atoms with Gasteiger partial charge in [-0.25, -0.2) is 0 Å². The molecule has 1 aromatic heterocycles. The molecule has 4 nitrogen and oxygen atoms in total. The molecular weight excluding hydrogens is 300 g/mol. The van der Waals surface area contributed by atoms with Crippen molar-refractivity contribution >= 4 is 17.0 Å². The minimum absolute atomic E-state index is 0.143. The number of nitrogens with zero attached hydrogens (tertiary/aromatic N) is 2. The molecule has 0 aliphatic carbocycles. The molecule has 0 fully saturated rings. The minimum atomic E-state index is -0.350. The number of benzene rings is 2. The average Bonchev–Trinajstić information content (AvgIpc) is 2.89. The fraction of sp³-hybridized carbons (Fsp3) is 0.200. The molecule has 0 saturated heterocycles. The number of allylic oxidation sites excluding steroid dienone is 1. The van der Waals surface area contributed by atoms with Gasteiger partial charge in [0.15, 0.2) is 0 Å². The predicted molar refractivity (Wildman–Crippen MR) is 97.6 cm³/mol. The maximum Gasteiger partial charge on any atom is 0.243 e. The highest BCUT2D eigenvalue weighted by Gasteiger charge is 2.11. The number of rotatable bonds is 4. The molecule has 24 heavy (non-hydrogen) atoms. The van der Waals surface area contributed by atoms with Crippen molar-refractivity contribution in [1.29, 1.82) is 0 Å². The molecule has 3 aromatic rings. The summed E-state index contributed by atoms with van der Waals surface area (Å²) in [5.41, 5.74) is 5.85. The Morgan fingerprint density at radius 1 is 1.21 bits per heavy atom. The van der Waals surface area contributed by atoms with Crippen LogP contribution < -0.4 is 0 Å². The van der Waals surface area contributed by atoms with E-state index in [1.54, 1.807) is 6.08 Å². The van der Waals surface area contributed by atoms with Crippen LogP contribution in [-0.4, -0.2) is 9.49 Å². The van der Waals surface area contributed by atoms with Crippen molar-refractivity contribution in [3.8, 4) is 0 Å². The molecule has 0 N–H and O–H groups in total. The molecule has 122 valence electrons. The van der Waals surface area contributed by atoms with Gasteiger partial charge in [-0.1, -0.05) is 42.0 Å². The van der Waals surface area contributed by atoms with Gasteiger partial charge in [-0.2, -0.15) is 0 Å². The average molecular weight is 320 g/mol. The summed E-state index contributed by atoms with van der Waals surface area (Å²) >= 11 is 0. The zero-order chi connectivity index (χ0) is 17.3. The maximum atomic E-state index is 11.0. The van der Waals surface area contributed by atoms with Gasteiger partial charge < -0.3 is 4.57 Å². The zero-order valence-electron chi connectivity index (χ0n) is 14.1. The molecule has 0 radical (unpaired) electrons. The van der Waals surface area contributed by atoms with E-state index in [1.165, 1.54) is 23.6 Å². The van der Waals surface area contributed by atoms with Gasteiger partial charge in [-0.3, -0.25) is 10.1 Å². The lowest BCUT2D eigenvalue weighted by molar-refractivity contribution is -0.422. The van der Waals surface area contributed by atoms with Gasteiger partial charge in [-0.15, -0.1) is 0 Å². The fourth-order valence-electron chi connectivity index (χ4n) is 2.95. The Kier molecular flexibility index (Phi) is 4.21. The lowest BCUT2D eigenvalue weighted by Gasteiger charge is -2.09. The van der Waals surface area contributed by atoms with Crippen molar-refractivity contribution in [2.24, 2.45) is 0 Å². The van der Waals surface area contributed by atoms with Crippen LogP contribution in [0.1, 0.15) is 29.2 Å². The van der Waals surface area contributed by atoms with E-state index >= 15 is 0 Å². The highest BCUT2D eigenvalue weighted by Crippen LogP contribution is 2.25. The molecule has 0 spiro atoms. The van der Waals surface area contributed by atoms with Gasteiger partial charge in [0.2, 0.25) is 5.70 Å². The number of hydrogen-bond donors (Lipinski definition) is 0. The van der Waals surface area contributed by atoms with Crippen LogP contribution in [0.25, 0.3) is 17.0 Å². The summed E-state index contributed by atoms with van der Waals surface area (Å²) in [6.45, 7) is 6.47. The number of para-hydroxylation sites is 1. The highest BCUT2D eigenvalue weighted by molar-refractivity contribution is 5.89. The van der Waals surface area contributed by atoms with Crippen LogP contribution in [0.5, 0.6) is 0 Å². The lowest BCUT2D eigenvalue weighted by Crippen LogP contribution is -2.00. The third kappa shape index (κ3) is 3.08. The van der Waals surface area contributed by atoms with Crippen LogP contribution in [0.3, 0.4) is 0 Å². The van der Waals surface area contributed by atoms with Gasteiger partial charge in [0.25, 0.3) is 0 Å². The summed E-state index contributed by atoms with van der Waals surface area (Å²) < 4.78 is 2.16. The number of aryl methyl sites for hydroxylation is 2. The molecule has 1 heterocycles. The van der Waals surface area contributed by atoms with Gasteiger partial charge >= 0.3 is 0 Å². The molecule has 0 atom stereocenters. The van der Waals surface area contributed by atoms with Crippen molar-refractivity contribution in [2.75, 3.05) is 0 Å². The second-order valence-corrected chi connectivity index (χ2v) is 6.20. The van der Waals surface area contributed by atoms with Crippen LogP contribution >= 0.6 is 0 Å². The fourth-order valence-corrected chi connectivity index (χ4v) is 2.95. The SMILES string of the molecule is C/C(=C\c1cn(Cc2cc(C)ccc2C)c2ccccc12)[N+](=O)[O-]. The molecule has 0 aliphatic heterocycles. The Labute approximate surface area is 141 Å². The van der Waals surface area contributed by atoms with Gasteiger partial charge in [0, 0.05) is 42.2 Å². The van der Waals surface area contributed by atoms with Crippen molar-refractivity contribution in [1.82, 2.24) is 4.57 Å². The first-order valence-corrected chi connectivity index (χ1v) is 7.92. The molecule has 0 unspecified atom stereocenters. The van der Waals surface area contributed by atoms with E-state index in [9.17, 15) is 10.1 Å². The third-order valence-corrected chi connectivity index (χ3v) is 4.32. The van der Waals surface area contributed by atoms with E-state index in [0.717, 1.165) is 23.0 Å². The van der Waals surface area contributed by atoms with Gasteiger partial charge in [0.1, 0.15) is 0 Å². The summed E-state index contributed by atoms with van der Waals surface area (Å²) in [5, 5.41) is 12.0. The lowest BCUT2D eigenvalue weighted by atomic mass is 10.1. The Balaban J connectivity index is 2.10. The van der Waals surface area contributed by atoms with Gasteiger partial charge in [0.05, 0.1) is 4.92 Å². The van der Waals surface area contributed by atoms with E-state index in [-0.39, 0.29) is 10.6 Å². The van der Waals surface area contributed by atoms with Crippen LogP contribution in [0.15, 0.2) is 54.4 Å². The molecule has 0 amide bonds. The molecular formula is C20H20N2O2. The molecule has 0 bridgehead atoms. The van der Waals surface area contributed by atoms with E-state index in [2.05, 4.69) is 42.7 Å². The standard InChI is InChI=1S/C20H20N2O2/c1-14-8-9-15(2)17(10-14)12-21-13-18(11-16(3)22(23)24)19-6-4-5-7-20(19)21/h4-11,13H,12H2,1-3H3/b16-11+. The number of nitro groups is 1. The van der Waals surface area contributed by atoms with Crippen molar-refractivity contribution in [3.05, 3.63) is 86.7 Å². The van der Waals surface area contributed by atoms with Crippen molar-refractivity contribution in [2.45, 2.75) is 27.3 Å². The molecule has 3 rings (SSSR count). The maximum absolute atomic E-state index is 11.0. The number of fused-ring (bicyclic) bond motifs is 1. The second-order valence-electron chi connectivity index (χ2n) is 6.20. The largest absolute Gasteiger partial charge is 0.342 e. The monoisotopic (exact) mass is 320 g/mol. The first-order valence-electron chi connectivity index (χ1n) is 7.92. The minimum Gasteiger partial charge on any atom is -0.342 e. The zero-order valence-corrected chi connectivity index (χ0v) is 14.1. The summed E-state index contributed by atoms with van der Waals surface area (Å²) in [6.07, 6.45) is 3.64. The Morgan fingerprint density at radius 3 is 2.71 bits per heavy atom. The van der Waals surface area contributed by atoms with E-state index in [1.807, 2.05) is 24.4 Å². The smallest absolute Gasteiger partial charge is 0.243 e. The van der Waals surface area contributed by atoms with Crippen molar-refractivity contribution < 1.29 is 4.92 Å². The number of hydrogen-bond acceptors (Lipinski definition) is 2. The predicted octanol–water partition coefficient (Wildman–Crippen LogP) is 4.94. The summed E-state index contributed by atoms with van der Waals surface area (Å²) in [5.74, 6) is 0. The van der Waals surface area contributed by atoms with Crippen molar-refractivity contribution in [3.63, 3.8) is 0 Å². The summed E-state index contributed by atoms with van der Waals surface area (Å²) in [7, 11) is 0. The summed E-state index contributed by atoms with van der Waals surface area (Å²) in [4.78, 5) is 10.6. The first-order chi connectivity index (χ1) is 11.5. The normalized spacial score (nSPS) is 11.9. The first kappa shape index (κ1) is 16.0. The van der Waals surface area contributed by atoms with Crippen LogP contribution in [0.2, 0.25) is 0 Å². The quantitative estimate of drug-likeness (QED) is 0.505. The van der Waals surface area contributed by atoms with E-state index < -0.39 is 0 Å². The molecule has 2 aromatic carbocycles. The Bertz CT molecular complexity index is 951. The van der Waals surface area contributed by atoms with Crippen LogP contribution in [0.4, 0.5) is 0 Å². The van der Waals surface area contributed by atoms with E-state index in [0.29, 0.717) is 0 Å². The highest BCUT2D eigenvalue weighted by atomic mass is 16.6. The Hall–Kier alpha value is -2.88. The summed E-state index contributed by atoms with van der Waals surface area (Å²) in [6, 6.07) is 14.5. The molecule has 4 heteroatoms. The van der Waals surface area contributed by atoms with Crippen LogP contribution in [-0.2, 0) is 6.54 Å². The number of aromatic nitrogens is 1. The molecule has 0 saturated carbocycles.